The summed E-state index contributed by atoms with van der Waals surface area (Å²) in [6, 6.07) is 15.9. The summed E-state index contributed by atoms with van der Waals surface area (Å²) >= 11 is 0. The normalized spacial score (nSPS) is 15.5. The molecule has 0 aromatic heterocycles. The van der Waals surface area contributed by atoms with Gasteiger partial charge in [0.25, 0.3) is 5.91 Å². The van der Waals surface area contributed by atoms with Crippen molar-refractivity contribution < 1.29 is 14.3 Å². The van der Waals surface area contributed by atoms with Crippen LogP contribution in [0.15, 0.2) is 48.5 Å². The molecule has 0 unspecified atom stereocenters. The van der Waals surface area contributed by atoms with Crippen molar-refractivity contribution in [1.82, 2.24) is 5.32 Å². The molecule has 1 fully saturated rings. The maximum atomic E-state index is 13.1. The highest BCUT2D eigenvalue weighted by Crippen LogP contribution is 2.34. The molecule has 2 aromatic rings. The summed E-state index contributed by atoms with van der Waals surface area (Å²) in [5.74, 6) is 2.07. The van der Waals surface area contributed by atoms with Gasteiger partial charge in [-0.3, -0.25) is 4.79 Å². The highest BCUT2D eigenvalue weighted by Gasteiger charge is 2.41. The molecule has 0 bridgehead atoms. The van der Waals surface area contributed by atoms with Crippen LogP contribution in [-0.4, -0.2) is 31.7 Å². The first-order chi connectivity index (χ1) is 14.5. The first kappa shape index (κ1) is 22.0. The lowest BCUT2D eigenvalue weighted by Crippen LogP contribution is -2.53. The summed E-state index contributed by atoms with van der Waals surface area (Å²) in [6.45, 7) is 5.54. The minimum Gasteiger partial charge on any atom is -0.497 e. The number of benzene rings is 2. The molecular weight excluding hydrogens is 376 g/mol. The lowest BCUT2D eigenvalue weighted by molar-refractivity contribution is -0.139. The van der Waals surface area contributed by atoms with Gasteiger partial charge in [0.2, 0.25) is 0 Å². The number of rotatable bonds is 9. The molecule has 0 heterocycles. The Balaban J connectivity index is 1.56. The molecule has 0 aliphatic heterocycles. The van der Waals surface area contributed by atoms with E-state index in [2.05, 4.69) is 36.6 Å². The van der Waals surface area contributed by atoms with Crippen LogP contribution in [0.3, 0.4) is 0 Å². The van der Waals surface area contributed by atoms with Crippen LogP contribution in [0.2, 0.25) is 0 Å². The second-order valence-electron chi connectivity index (χ2n) is 8.29. The number of carbonyl (C=O) groups excluding carboxylic acids is 1. The summed E-state index contributed by atoms with van der Waals surface area (Å²) in [5.41, 5.74) is 1.51. The van der Waals surface area contributed by atoms with E-state index in [9.17, 15) is 4.79 Å². The molecule has 2 N–H and O–H groups in total. The van der Waals surface area contributed by atoms with Gasteiger partial charge in [-0.1, -0.05) is 32.4 Å². The number of carbonyl (C=O) groups is 1. The van der Waals surface area contributed by atoms with Crippen molar-refractivity contribution in [3.05, 3.63) is 54.1 Å². The van der Waals surface area contributed by atoms with Gasteiger partial charge < -0.3 is 20.1 Å². The third-order valence-electron chi connectivity index (χ3n) is 5.76. The molecule has 30 heavy (non-hydrogen) atoms. The summed E-state index contributed by atoms with van der Waals surface area (Å²) in [4.78, 5) is 13.1. The van der Waals surface area contributed by atoms with Crippen LogP contribution >= 0.6 is 0 Å². The first-order valence-electron chi connectivity index (χ1n) is 11.0. The number of hydrogen-bond acceptors (Lipinski definition) is 4. The Kier molecular flexibility index (Phi) is 7.61. The van der Waals surface area contributed by atoms with Crippen LogP contribution in [0.4, 0.5) is 5.69 Å². The molecule has 1 aliphatic rings. The quantitative estimate of drug-likeness (QED) is 0.563. The molecule has 5 nitrogen and oxygen atoms in total. The highest BCUT2D eigenvalue weighted by atomic mass is 16.5. The lowest BCUT2D eigenvalue weighted by atomic mass is 9.83. The van der Waals surface area contributed by atoms with E-state index in [1.165, 1.54) is 5.56 Å². The van der Waals surface area contributed by atoms with Gasteiger partial charge in [0.05, 0.1) is 7.11 Å². The first-order valence-corrected chi connectivity index (χ1v) is 11.0. The molecule has 1 amide bonds. The maximum Gasteiger partial charge on any atom is 0.264 e. The van der Waals surface area contributed by atoms with E-state index in [-0.39, 0.29) is 5.91 Å². The predicted molar refractivity (Wildman–Crippen MR) is 121 cm³/mol. The van der Waals surface area contributed by atoms with E-state index in [1.807, 2.05) is 36.4 Å². The van der Waals surface area contributed by atoms with Gasteiger partial charge in [0.1, 0.15) is 11.5 Å². The summed E-state index contributed by atoms with van der Waals surface area (Å²) in [5, 5.41) is 6.41. The third-order valence-corrected chi connectivity index (χ3v) is 5.76. The van der Waals surface area contributed by atoms with Gasteiger partial charge in [-0.15, -0.1) is 0 Å². The van der Waals surface area contributed by atoms with Crippen molar-refractivity contribution in [3.63, 3.8) is 0 Å². The molecule has 5 heteroatoms. The van der Waals surface area contributed by atoms with Crippen molar-refractivity contribution in [3.8, 4) is 11.5 Å². The molecular formula is C25H34N2O3. The number of nitrogens with one attached hydrogen (secondary N) is 2. The SMILES string of the molecule is COc1ccc(NCCNC(=O)C2(Oc3ccc(C(C)C)cc3)CCCCC2)cc1. The zero-order valence-corrected chi connectivity index (χ0v) is 18.4. The van der Waals surface area contributed by atoms with Gasteiger partial charge in [-0.2, -0.15) is 0 Å². The van der Waals surface area contributed by atoms with E-state index in [0.717, 1.165) is 49.3 Å². The minimum absolute atomic E-state index is 0.00772. The maximum absolute atomic E-state index is 13.1. The van der Waals surface area contributed by atoms with Crippen molar-refractivity contribution in [2.24, 2.45) is 0 Å². The van der Waals surface area contributed by atoms with Crippen LogP contribution in [0.5, 0.6) is 11.5 Å². The van der Waals surface area contributed by atoms with E-state index < -0.39 is 5.60 Å². The average Bonchev–Trinajstić information content (AvgIpc) is 2.78. The fourth-order valence-electron chi connectivity index (χ4n) is 3.90. The predicted octanol–water partition coefficient (Wildman–Crippen LogP) is 5.13. The Morgan fingerprint density at radius 2 is 1.57 bits per heavy atom. The molecule has 0 saturated heterocycles. The number of anilines is 1. The highest BCUT2D eigenvalue weighted by molar-refractivity contribution is 5.85. The fraction of sp³-hybridized carbons (Fsp3) is 0.480. The Labute approximate surface area is 180 Å². The molecule has 162 valence electrons. The van der Waals surface area contributed by atoms with Crippen LogP contribution in [0, 0.1) is 0 Å². The van der Waals surface area contributed by atoms with Gasteiger partial charge in [-0.25, -0.2) is 0 Å². The number of amides is 1. The topological polar surface area (TPSA) is 59.6 Å². The summed E-state index contributed by atoms with van der Waals surface area (Å²) < 4.78 is 11.5. The third kappa shape index (κ3) is 5.68. The van der Waals surface area contributed by atoms with E-state index in [4.69, 9.17) is 9.47 Å². The van der Waals surface area contributed by atoms with E-state index in [1.54, 1.807) is 7.11 Å². The number of methoxy groups -OCH3 is 1. The van der Waals surface area contributed by atoms with Crippen molar-refractivity contribution in [2.45, 2.75) is 57.5 Å². The van der Waals surface area contributed by atoms with Gasteiger partial charge in [0.15, 0.2) is 5.60 Å². The van der Waals surface area contributed by atoms with Crippen LogP contribution < -0.4 is 20.1 Å². The van der Waals surface area contributed by atoms with Crippen LogP contribution in [-0.2, 0) is 4.79 Å². The Hall–Kier alpha value is -2.69. The zero-order chi connectivity index (χ0) is 21.4. The second-order valence-corrected chi connectivity index (χ2v) is 8.29. The zero-order valence-electron chi connectivity index (χ0n) is 18.4. The molecule has 1 saturated carbocycles. The molecule has 3 rings (SSSR count). The fourth-order valence-corrected chi connectivity index (χ4v) is 3.90. The monoisotopic (exact) mass is 410 g/mol. The van der Waals surface area contributed by atoms with Crippen molar-refractivity contribution in [2.75, 3.05) is 25.5 Å². The van der Waals surface area contributed by atoms with Gasteiger partial charge in [-0.05, 0) is 73.6 Å². The molecule has 0 radical (unpaired) electrons. The molecule has 2 aromatic carbocycles. The van der Waals surface area contributed by atoms with E-state index in [0.29, 0.717) is 19.0 Å². The molecule has 1 aliphatic carbocycles. The Morgan fingerprint density at radius 3 is 2.17 bits per heavy atom. The largest absolute Gasteiger partial charge is 0.497 e. The Morgan fingerprint density at radius 1 is 0.933 bits per heavy atom. The standard InChI is InChI=1S/C25H34N2O3/c1-19(2)20-7-11-23(12-8-20)30-25(15-5-4-6-16-25)24(28)27-18-17-26-21-9-13-22(29-3)14-10-21/h7-14,19,26H,4-6,15-18H2,1-3H3,(H,27,28). The smallest absolute Gasteiger partial charge is 0.264 e. The summed E-state index contributed by atoms with van der Waals surface area (Å²) in [6.07, 6.45) is 4.71. The molecule has 0 spiro atoms. The lowest BCUT2D eigenvalue weighted by Gasteiger charge is -2.36. The number of hydrogen-bond donors (Lipinski definition) is 2. The van der Waals surface area contributed by atoms with Gasteiger partial charge >= 0.3 is 0 Å². The number of ether oxygens (including phenoxy) is 2. The molecule has 0 atom stereocenters. The van der Waals surface area contributed by atoms with Crippen molar-refractivity contribution in [1.29, 1.82) is 0 Å². The Bertz CT molecular complexity index is 794. The van der Waals surface area contributed by atoms with Crippen LogP contribution in [0.25, 0.3) is 0 Å². The van der Waals surface area contributed by atoms with Gasteiger partial charge in [0, 0.05) is 18.8 Å². The van der Waals surface area contributed by atoms with Crippen molar-refractivity contribution >= 4 is 11.6 Å². The second kappa shape index (κ2) is 10.4. The summed E-state index contributed by atoms with van der Waals surface area (Å²) in [7, 11) is 1.65. The van der Waals surface area contributed by atoms with E-state index >= 15 is 0 Å². The van der Waals surface area contributed by atoms with Crippen LogP contribution in [0.1, 0.15) is 57.4 Å². The average molecular weight is 411 g/mol. The minimum atomic E-state index is -0.766.